The van der Waals surface area contributed by atoms with Gasteiger partial charge in [-0.15, -0.1) is 0 Å². The topological polar surface area (TPSA) is 45.2 Å². The van der Waals surface area contributed by atoms with Crippen molar-refractivity contribution in [2.75, 3.05) is 60.0 Å². The summed E-state index contributed by atoms with van der Waals surface area (Å²) < 4.78 is 10.9. The molecule has 2 heterocycles. The Morgan fingerprint density at radius 3 is 2.50 bits per heavy atom. The van der Waals surface area contributed by atoms with Crippen LogP contribution in [0.25, 0.3) is 0 Å². The number of carbonyl (C=O) groups is 1. The molecule has 2 saturated heterocycles. The van der Waals surface area contributed by atoms with Crippen LogP contribution in [0.15, 0.2) is 24.3 Å². The van der Waals surface area contributed by atoms with Gasteiger partial charge < -0.3 is 14.4 Å². The first-order chi connectivity index (χ1) is 12.6. The summed E-state index contributed by atoms with van der Waals surface area (Å²) in [6, 6.07) is 7.88. The maximum absolute atomic E-state index is 12.5. The van der Waals surface area contributed by atoms with Crippen molar-refractivity contribution >= 4 is 5.91 Å². The van der Waals surface area contributed by atoms with Crippen LogP contribution in [0, 0.1) is 0 Å². The molecule has 1 atom stereocenters. The first-order valence-electron chi connectivity index (χ1n) is 9.57. The Balaban J connectivity index is 1.38. The minimum atomic E-state index is 0.174. The maximum atomic E-state index is 12.5. The SMILES string of the molecule is COc1ccc(CN(C)C(=O)CN2CCN(CC3CCCO3)CC2)cc1. The molecule has 2 aliphatic rings. The van der Waals surface area contributed by atoms with Crippen LogP contribution >= 0.6 is 0 Å². The van der Waals surface area contributed by atoms with E-state index in [0.29, 0.717) is 19.2 Å². The summed E-state index contributed by atoms with van der Waals surface area (Å²) in [7, 11) is 3.53. The van der Waals surface area contributed by atoms with Crippen molar-refractivity contribution < 1.29 is 14.3 Å². The minimum absolute atomic E-state index is 0.174. The van der Waals surface area contributed by atoms with Gasteiger partial charge in [-0.05, 0) is 30.5 Å². The van der Waals surface area contributed by atoms with E-state index in [9.17, 15) is 4.79 Å². The fraction of sp³-hybridized carbons (Fsp3) is 0.650. The quantitative estimate of drug-likeness (QED) is 0.736. The third kappa shape index (κ3) is 5.43. The van der Waals surface area contributed by atoms with Gasteiger partial charge in [-0.1, -0.05) is 12.1 Å². The Kier molecular flexibility index (Phi) is 6.88. The molecule has 0 radical (unpaired) electrons. The Morgan fingerprint density at radius 2 is 1.88 bits per heavy atom. The highest BCUT2D eigenvalue weighted by Gasteiger charge is 2.24. The molecule has 6 heteroatoms. The summed E-state index contributed by atoms with van der Waals surface area (Å²) in [6.45, 7) is 7.04. The zero-order chi connectivity index (χ0) is 18.4. The van der Waals surface area contributed by atoms with Crippen LogP contribution in [0.3, 0.4) is 0 Å². The predicted molar refractivity (Wildman–Crippen MR) is 101 cm³/mol. The van der Waals surface area contributed by atoms with E-state index in [-0.39, 0.29) is 5.91 Å². The average Bonchev–Trinajstić information content (AvgIpc) is 3.17. The van der Waals surface area contributed by atoms with E-state index in [1.807, 2.05) is 31.3 Å². The van der Waals surface area contributed by atoms with Crippen molar-refractivity contribution in [3.63, 3.8) is 0 Å². The van der Waals surface area contributed by atoms with E-state index in [2.05, 4.69) is 9.80 Å². The highest BCUT2D eigenvalue weighted by Crippen LogP contribution is 2.15. The molecule has 0 aromatic heterocycles. The molecule has 1 amide bonds. The highest BCUT2D eigenvalue weighted by molar-refractivity contribution is 5.78. The average molecular weight is 361 g/mol. The molecule has 3 rings (SSSR count). The van der Waals surface area contributed by atoms with E-state index in [4.69, 9.17) is 9.47 Å². The predicted octanol–water partition coefficient (Wildman–Crippen LogP) is 1.45. The van der Waals surface area contributed by atoms with Crippen molar-refractivity contribution in [3.8, 4) is 5.75 Å². The van der Waals surface area contributed by atoms with Gasteiger partial charge in [-0.2, -0.15) is 0 Å². The third-order valence-corrected chi connectivity index (χ3v) is 5.31. The molecule has 0 bridgehead atoms. The first-order valence-corrected chi connectivity index (χ1v) is 9.57. The molecule has 1 unspecified atom stereocenters. The fourth-order valence-electron chi connectivity index (χ4n) is 3.61. The molecule has 26 heavy (non-hydrogen) atoms. The maximum Gasteiger partial charge on any atom is 0.236 e. The second-order valence-corrected chi connectivity index (χ2v) is 7.31. The molecule has 0 saturated carbocycles. The monoisotopic (exact) mass is 361 g/mol. The normalized spacial score (nSPS) is 21.7. The second-order valence-electron chi connectivity index (χ2n) is 7.31. The lowest BCUT2D eigenvalue weighted by atomic mass is 10.2. The van der Waals surface area contributed by atoms with Gasteiger partial charge in [0.25, 0.3) is 0 Å². The Hall–Kier alpha value is -1.63. The van der Waals surface area contributed by atoms with Crippen LogP contribution in [-0.4, -0.2) is 86.7 Å². The summed E-state index contributed by atoms with van der Waals surface area (Å²) >= 11 is 0. The molecule has 2 fully saturated rings. The van der Waals surface area contributed by atoms with Crippen LogP contribution in [0.1, 0.15) is 18.4 Å². The summed E-state index contributed by atoms with van der Waals surface area (Å²) in [6.07, 6.45) is 2.80. The van der Waals surface area contributed by atoms with Crippen LogP contribution in [0.2, 0.25) is 0 Å². The highest BCUT2D eigenvalue weighted by atomic mass is 16.5. The molecule has 0 spiro atoms. The number of ether oxygens (including phenoxy) is 2. The van der Waals surface area contributed by atoms with Gasteiger partial charge in [0.1, 0.15) is 5.75 Å². The zero-order valence-corrected chi connectivity index (χ0v) is 16.0. The number of likely N-dealkylation sites (N-methyl/N-ethyl adjacent to an activating group) is 1. The Labute approximate surface area is 156 Å². The molecule has 1 aromatic rings. The van der Waals surface area contributed by atoms with E-state index in [1.54, 1.807) is 12.0 Å². The first kappa shape index (κ1) is 19.1. The number of hydrogen-bond acceptors (Lipinski definition) is 5. The minimum Gasteiger partial charge on any atom is -0.497 e. The van der Waals surface area contributed by atoms with Crippen LogP contribution in [0.4, 0.5) is 0 Å². The largest absolute Gasteiger partial charge is 0.497 e. The van der Waals surface area contributed by atoms with Gasteiger partial charge in [0.2, 0.25) is 5.91 Å². The van der Waals surface area contributed by atoms with Crippen molar-refractivity contribution in [1.29, 1.82) is 0 Å². The van der Waals surface area contributed by atoms with Crippen molar-refractivity contribution in [1.82, 2.24) is 14.7 Å². The molecule has 2 aliphatic heterocycles. The molecule has 0 aliphatic carbocycles. The molecule has 0 N–H and O–H groups in total. The second kappa shape index (κ2) is 9.35. The van der Waals surface area contributed by atoms with E-state index in [0.717, 1.165) is 50.6 Å². The number of nitrogens with zero attached hydrogens (tertiary/aromatic N) is 3. The van der Waals surface area contributed by atoms with Crippen molar-refractivity contribution in [2.45, 2.75) is 25.5 Å². The number of benzene rings is 1. The van der Waals surface area contributed by atoms with Gasteiger partial charge in [-0.3, -0.25) is 14.6 Å². The van der Waals surface area contributed by atoms with E-state index < -0.39 is 0 Å². The van der Waals surface area contributed by atoms with E-state index in [1.165, 1.54) is 12.8 Å². The molecule has 144 valence electrons. The molecule has 1 aromatic carbocycles. The van der Waals surface area contributed by atoms with Gasteiger partial charge in [0.15, 0.2) is 0 Å². The van der Waals surface area contributed by atoms with Gasteiger partial charge in [-0.25, -0.2) is 0 Å². The van der Waals surface area contributed by atoms with Crippen LogP contribution < -0.4 is 4.74 Å². The summed E-state index contributed by atoms with van der Waals surface area (Å²) in [5.41, 5.74) is 1.11. The molecular weight excluding hydrogens is 330 g/mol. The van der Waals surface area contributed by atoms with Crippen LogP contribution in [0.5, 0.6) is 5.75 Å². The van der Waals surface area contributed by atoms with E-state index >= 15 is 0 Å². The number of rotatable bonds is 7. The number of hydrogen-bond donors (Lipinski definition) is 0. The van der Waals surface area contributed by atoms with Crippen molar-refractivity contribution in [3.05, 3.63) is 29.8 Å². The Bertz CT molecular complexity index is 564. The van der Waals surface area contributed by atoms with Gasteiger partial charge in [0.05, 0.1) is 19.8 Å². The summed E-state index contributed by atoms with van der Waals surface area (Å²) in [5, 5.41) is 0. The van der Waals surface area contributed by atoms with Crippen molar-refractivity contribution in [2.24, 2.45) is 0 Å². The standard InChI is InChI=1S/C20H31N3O3/c1-21(14-17-5-7-18(25-2)8-6-17)20(24)16-23-11-9-22(10-12-23)15-19-4-3-13-26-19/h5-8,19H,3-4,9-16H2,1-2H3. The van der Waals surface area contributed by atoms with Gasteiger partial charge >= 0.3 is 0 Å². The smallest absolute Gasteiger partial charge is 0.236 e. The number of piperazine rings is 1. The Morgan fingerprint density at radius 1 is 1.19 bits per heavy atom. The zero-order valence-electron chi connectivity index (χ0n) is 16.0. The number of methoxy groups -OCH3 is 1. The third-order valence-electron chi connectivity index (χ3n) is 5.31. The summed E-state index contributed by atoms with van der Waals surface area (Å²) in [5.74, 6) is 1.01. The fourth-order valence-corrected chi connectivity index (χ4v) is 3.61. The number of carbonyl (C=O) groups excluding carboxylic acids is 1. The van der Waals surface area contributed by atoms with Gasteiger partial charge in [0, 0.05) is 52.9 Å². The lowest BCUT2D eigenvalue weighted by molar-refractivity contribution is -0.132. The van der Waals surface area contributed by atoms with Crippen LogP contribution in [-0.2, 0) is 16.1 Å². The lowest BCUT2D eigenvalue weighted by Gasteiger charge is -2.35. The summed E-state index contributed by atoms with van der Waals surface area (Å²) in [4.78, 5) is 19.1. The number of amides is 1. The molecular formula is C20H31N3O3. The lowest BCUT2D eigenvalue weighted by Crippen LogP contribution is -2.51. The molecule has 6 nitrogen and oxygen atoms in total.